The molecule has 2 heterocycles. The van der Waals surface area contributed by atoms with Crippen LogP contribution < -0.4 is 0 Å². The fraction of sp³-hybridized carbons (Fsp3) is 0.571. The summed E-state index contributed by atoms with van der Waals surface area (Å²) in [7, 11) is -3.15. The van der Waals surface area contributed by atoms with Crippen molar-refractivity contribution in [2.75, 3.05) is 11.2 Å². The Labute approximate surface area is 90.9 Å². The number of hydrogen-bond donors (Lipinski definition) is 0. The topological polar surface area (TPSA) is 55.2 Å². The number of alkyl halides is 1. The van der Waals surface area contributed by atoms with Crippen LogP contribution in [0.4, 0.5) is 0 Å². The first-order valence-corrected chi connectivity index (χ1v) is 6.90. The zero-order valence-electron chi connectivity index (χ0n) is 7.43. The van der Waals surface area contributed by atoms with Gasteiger partial charge >= 0.3 is 0 Å². The van der Waals surface area contributed by atoms with Gasteiger partial charge in [-0.05, 0) is 0 Å². The zero-order valence-corrected chi connectivity index (χ0v) is 9.83. The van der Waals surface area contributed by atoms with Crippen LogP contribution in [0.15, 0.2) is 12.4 Å². The van der Waals surface area contributed by atoms with E-state index in [0.29, 0.717) is 19.6 Å². The van der Waals surface area contributed by atoms with Crippen LogP contribution in [0.3, 0.4) is 0 Å². The van der Waals surface area contributed by atoms with Crippen molar-refractivity contribution in [1.29, 1.82) is 0 Å². The standard InChI is InChI=1S/C7H10BrN3O2S/c8-6-14(12,13)11-4-3-10-2-1-9-7(10)5-11/h1-2H,3-6H2. The van der Waals surface area contributed by atoms with Crippen molar-refractivity contribution < 1.29 is 8.42 Å². The van der Waals surface area contributed by atoms with Crippen molar-refractivity contribution in [3.05, 3.63) is 18.2 Å². The molecule has 1 aromatic heterocycles. The van der Waals surface area contributed by atoms with E-state index in [1.54, 1.807) is 6.20 Å². The van der Waals surface area contributed by atoms with Crippen LogP contribution in [0.1, 0.15) is 5.82 Å². The van der Waals surface area contributed by atoms with Crippen LogP contribution in [0, 0.1) is 0 Å². The highest BCUT2D eigenvalue weighted by molar-refractivity contribution is 9.10. The van der Waals surface area contributed by atoms with Crippen LogP contribution in [-0.4, -0.2) is 33.5 Å². The van der Waals surface area contributed by atoms with E-state index >= 15 is 0 Å². The average molecular weight is 280 g/mol. The number of fused-ring (bicyclic) bond motifs is 1. The van der Waals surface area contributed by atoms with Crippen LogP contribution >= 0.6 is 15.9 Å². The minimum absolute atomic E-state index is 0.0271. The molecule has 0 radical (unpaired) electrons. The second kappa shape index (κ2) is 3.63. The summed E-state index contributed by atoms with van der Waals surface area (Å²) in [4.78, 5) is 4.10. The molecule has 1 aromatic rings. The SMILES string of the molecule is O=S(=O)(CBr)N1CCn2ccnc2C1. The molecule has 0 unspecified atom stereocenters. The Morgan fingerprint density at radius 3 is 3.00 bits per heavy atom. The van der Waals surface area contributed by atoms with E-state index in [0.717, 1.165) is 5.82 Å². The number of sulfonamides is 1. The molecule has 0 amide bonds. The normalized spacial score (nSPS) is 18.1. The molecule has 5 nitrogen and oxygen atoms in total. The molecule has 0 bridgehead atoms. The summed E-state index contributed by atoms with van der Waals surface area (Å²) in [6.45, 7) is 1.58. The van der Waals surface area contributed by atoms with E-state index in [4.69, 9.17) is 0 Å². The van der Waals surface area contributed by atoms with E-state index in [9.17, 15) is 8.42 Å². The van der Waals surface area contributed by atoms with Gasteiger partial charge in [-0.15, -0.1) is 0 Å². The molecule has 14 heavy (non-hydrogen) atoms. The van der Waals surface area contributed by atoms with E-state index in [1.165, 1.54) is 4.31 Å². The third-order valence-electron chi connectivity index (χ3n) is 2.24. The summed E-state index contributed by atoms with van der Waals surface area (Å²) in [5, 5.41) is 0. The summed E-state index contributed by atoms with van der Waals surface area (Å²) < 4.78 is 26.4. The van der Waals surface area contributed by atoms with Crippen LogP contribution in [0.5, 0.6) is 0 Å². The second-order valence-electron chi connectivity index (χ2n) is 3.09. The van der Waals surface area contributed by atoms with E-state index in [1.807, 2.05) is 10.8 Å². The van der Waals surface area contributed by atoms with Gasteiger partial charge in [0.25, 0.3) is 0 Å². The Morgan fingerprint density at radius 2 is 2.29 bits per heavy atom. The molecule has 78 valence electrons. The van der Waals surface area contributed by atoms with E-state index in [2.05, 4.69) is 20.9 Å². The Balaban J connectivity index is 2.23. The lowest BCUT2D eigenvalue weighted by molar-refractivity contribution is 0.337. The monoisotopic (exact) mass is 279 g/mol. The average Bonchev–Trinajstić information content (AvgIpc) is 2.64. The van der Waals surface area contributed by atoms with Crippen molar-refractivity contribution in [1.82, 2.24) is 13.9 Å². The van der Waals surface area contributed by atoms with Crippen LogP contribution in [0.25, 0.3) is 0 Å². The van der Waals surface area contributed by atoms with Crippen LogP contribution in [-0.2, 0) is 23.1 Å². The zero-order chi connectivity index (χ0) is 10.2. The maximum atomic E-state index is 11.5. The fourth-order valence-corrected chi connectivity index (χ4v) is 3.14. The number of rotatable bonds is 2. The summed E-state index contributed by atoms with van der Waals surface area (Å²) >= 11 is 2.98. The van der Waals surface area contributed by atoms with Crippen molar-refractivity contribution in [3.63, 3.8) is 0 Å². The molecule has 0 atom stereocenters. The molecular weight excluding hydrogens is 270 g/mol. The number of hydrogen-bond acceptors (Lipinski definition) is 3. The molecule has 0 aromatic carbocycles. The minimum Gasteiger partial charge on any atom is -0.333 e. The lowest BCUT2D eigenvalue weighted by Gasteiger charge is -2.25. The molecule has 1 aliphatic rings. The van der Waals surface area contributed by atoms with Gasteiger partial charge in [0.1, 0.15) is 10.5 Å². The molecule has 2 rings (SSSR count). The van der Waals surface area contributed by atoms with Gasteiger partial charge in [0.2, 0.25) is 10.0 Å². The highest BCUT2D eigenvalue weighted by Crippen LogP contribution is 2.15. The Kier molecular flexibility index (Phi) is 2.63. The van der Waals surface area contributed by atoms with Gasteiger partial charge in [-0.3, -0.25) is 0 Å². The van der Waals surface area contributed by atoms with Gasteiger partial charge < -0.3 is 4.57 Å². The largest absolute Gasteiger partial charge is 0.333 e. The minimum atomic E-state index is -3.15. The molecule has 7 heteroatoms. The molecule has 0 saturated carbocycles. The maximum Gasteiger partial charge on any atom is 0.224 e. The highest BCUT2D eigenvalue weighted by Gasteiger charge is 2.25. The maximum absolute atomic E-state index is 11.5. The van der Waals surface area contributed by atoms with E-state index < -0.39 is 10.0 Å². The Hall–Kier alpha value is -0.400. The fourth-order valence-electron chi connectivity index (χ4n) is 1.46. The molecule has 0 fully saturated rings. The first kappa shape index (κ1) is 10.1. The number of imidazole rings is 1. The molecule has 0 spiro atoms. The molecule has 0 N–H and O–H groups in total. The Morgan fingerprint density at radius 1 is 1.50 bits per heavy atom. The second-order valence-corrected chi connectivity index (χ2v) is 6.36. The summed E-state index contributed by atoms with van der Waals surface area (Å²) in [6.07, 6.45) is 3.56. The Bertz CT molecular complexity index is 428. The van der Waals surface area contributed by atoms with Crippen LogP contribution in [0.2, 0.25) is 0 Å². The molecular formula is C7H10BrN3O2S. The first-order valence-electron chi connectivity index (χ1n) is 4.17. The van der Waals surface area contributed by atoms with Gasteiger partial charge in [0.05, 0.1) is 6.54 Å². The predicted molar refractivity (Wildman–Crippen MR) is 55.4 cm³/mol. The smallest absolute Gasteiger partial charge is 0.224 e. The summed E-state index contributed by atoms with van der Waals surface area (Å²) in [5.41, 5.74) is 0. The van der Waals surface area contributed by atoms with Crippen molar-refractivity contribution >= 4 is 26.0 Å². The lowest BCUT2D eigenvalue weighted by Crippen LogP contribution is -2.38. The number of aromatic nitrogens is 2. The van der Waals surface area contributed by atoms with Crippen molar-refractivity contribution in [2.45, 2.75) is 13.1 Å². The summed E-state index contributed by atoms with van der Waals surface area (Å²) in [6, 6.07) is 0. The van der Waals surface area contributed by atoms with Crippen molar-refractivity contribution in [2.24, 2.45) is 0 Å². The first-order chi connectivity index (χ1) is 6.63. The molecule has 1 aliphatic heterocycles. The number of halogens is 1. The quantitative estimate of drug-likeness (QED) is 0.736. The van der Waals surface area contributed by atoms with E-state index in [-0.39, 0.29) is 4.66 Å². The van der Waals surface area contributed by atoms with Gasteiger partial charge in [-0.1, -0.05) is 15.9 Å². The van der Waals surface area contributed by atoms with Gasteiger partial charge in [-0.2, -0.15) is 4.31 Å². The third-order valence-corrected chi connectivity index (χ3v) is 5.35. The third kappa shape index (κ3) is 1.71. The van der Waals surface area contributed by atoms with Gasteiger partial charge in [0, 0.05) is 25.5 Å². The van der Waals surface area contributed by atoms with Crippen molar-refractivity contribution in [3.8, 4) is 0 Å². The molecule has 0 saturated heterocycles. The number of nitrogens with zero attached hydrogens (tertiary/aromatic N) is 3. The summed E-state index contributed by atoms with van der Waals surface area (Å²) in [5.74, 6) is 0.806. The highest BCUT2D eigenvalue weighted by atomic mass is 79.9. The molecule has 0 aliphatic carbocycles. The van der Waals surface area contributed by atoms with Gasteiger partial charge in [-0.25, -0.2) is 13.4 Å². The van der Waals surface area contributed by atoms with Gasteiger partial charge in [0.15, 0.2) is 0 Å². The predicted octanol–water partition coefficient (Wildman–Crippen LogP) is 0.381. The lowest BCUT2D eigenvalue weighted by atomic mass is 10.4.